The molecule has 1 fully saturated rings. The second-order valence-electron chi connectivity index (χ2n) is 5.82. The van der Waals surface area contributed by atoms with Crippen LogP contribution in [0.15, 0.2) is 12.3 Å². The molecule has 3 atom stereocenters. The van der Waals surface area contributed by atoms with E-state index in [1.807, 2.05) is 0 Å². The molecule has 1 heterocycles. The van der Waals surface area contributed by atoms with Gasteiger partial charge in [0.2, 0.25) is 0 Å². The van der Waals surface area contributed by atoms with Crippen LogP contribution in [0.3, 0.4) is 0 Å². The summed E-state index contributed by atoms with van der Waals surface area (Å²) in [6.45, 7) is 4.39. The van der Waals surface area contributed by atoms with Crippen molar-refractivity contribution in [2.24, 2.45) is 11.8 Å². The Morgan fingerprint density at radius 2 is 2.14 bits per heavy atom. The van der Waals surface area contributed by atoms with E-state index in [1.165, 1.54) is 6.07 Å². The molecular weight excluding hydrogens is 272 g/mol. The standard InChI is InChI=1S/C14H20N4O3/c1-8-3-4-10(5-9(8)2)17-14(19)12-6-11(18(20)21)7-16-13(12)15/h6-10H,3-5H2,1-2H3,(H2,15,16)(H,17,19). The number of carbonyl (C=O) groups is 1. The number of nitro groups is 1. The molecule has 7 nitrogen and oxygen atoms in total. The molecule has 0 aliphatic heterocycles. The number of nitrogens with one attached hydrogen (secondary N) is 1. The van der Waals surface area contributed by atoms with Crippen molar-refractivity contribution in [1.29, 1.82) is 0 Å². The number of anilines is 1. The lowest BCUT2D eigenvalue weighted by Crippen LogP contribution is -2.40. The van der Waals surface area contributed by atoms with Crippen LogP contribution in [0.1, 0.15) is 43.5 Å². The highest BCUT2D eigenvalue weighted by molar-refractivity contribution is 5.99. The maximum absolute atomic E-state index is 12.2. The fraction of sp³-hybridized carbons (Fsp3) is 0.571. The summed E-state index contributed by atoms with van der Waals surface area (Å²) in [5.74, 6) is 0.818. The van der Waals surface area contributed by atoms with Gasteiger partial charge in [-0.25, -0.2) is 4.98 Å². The van der Waals surface area contributed by atoms with Gasteiger partial charge in [-0.1, -0.05) is 13.8 Å². The van der Waals surface area contributed by atoms with Gasteiger partial charge in [-0.2, -0.15) is 0 Å². The quantitative estimate of drug-likeness (QED) is 0.654. The minimum atomic E-state index is -0.590. The highest BCUT2D eigenvalue weighted by Crippen LogP contribution is 2.29. The topological polar surface area (TPSA) is 111 Å². The number of hydrogen-bond acceptors (Lipinski definition) is 5. The number of nitrogens with two attached hydrogens (primary N) is 1. The van der Waals surface area contributed by atoms with Gasteiger partial charge in [-0.15, -0.1) is 0 Å². The van der Waals surface area contributed by atoms with Crippen molar-refractivity contribution in [1.82, 2.24) is 10.3 Å². The van der Waals surface area contributed by atoms with E-state index < -0.39 is 10.8 Å². The van der Waals surface area contributed by atoms with Gasteiger partial charge in [0.1, 0.15) is 12.0 Å². The Hall–Kier alpha value is -2.18. The van der Waals surface area contributed by atoms with Gasteiger partial charge in [0, 0.05) is 12.1 Å². The van der Waals surface area contributed by atoms with Crippen molar-refractivity contribution in [2.75, 3.05) is 5.73 Å². The van der Waals surface area contributed by atoms with Crippen LogP contribution in [0.5, 0.6) is 0 Å². The SMILES string of the molecule is CC1CCC(NC(=O)c2cc([N+](=O)[O-])cnc2N)CC1C. The van der Waals surface area contributed by atoms with Crippen LogP contribution in [0, 0.1) is 22.0 Å². The van der Waals surface area contributed by atoms with Crippen LogP contribution in [-0.2, 0) is 0 Å². The summed E-state index contributed by atoms with van der Waals surface area (Å²) < 4.78 is 0. The molecule has 1 saturated carbocycles. The van der Waals surface area contributed by atoms with Crippen molar-refractivity contribution in [3.05, 3.63) is 27.9 Å². The zero-order valence-electron chi connectivity index (χ0n) is 12.2. The van der Waals surface area contributed by atoms with E-state index in [0.717, 1.165) is 25.5 Å². The lowest BCUT2D eigenvalue weighted by molar-refractivity contribution is -0.385. The van der Waals surface area contributed by atoms with Crippen molar-refractivity contribution in [3.63, 3.8) is 0 Å². The van der Waals surface area contributed by atoms with E-state index >= 15 is 0 Å². The fourth-order valence-electron chi connectivity index (χ4n) is 2.69. The molecule has 2 rings (SSSR count). The normalized spacial score (nSPS) is 25.3. The second-order valence-corrected chi connectivity index (χ2v) is 5.82. The van der Waals surface area contributed by atoms with Crippen LogP contribution >= 0.6 is 0 Å². The van der Waals surface area contributed by atoms with Gasteiger partial charge in [-0.05, 0) is 31.1 Å². The summed E-state index contributed by atoms with van der Waals surface area (Å²) in [5, 5.41) is 13.7. The molecule has 1 amide bonds. The van der Waals surface area contributed by atoms with E-state index in [4.69, 9.17) is 5.73 Å². The molecule has 0 bridgehead atoms. The minimum absolute atomic E-state index is 0.00956. The first kappa shape index (κ1) is 15.2. The molecular formula is C14H20N4O3. The van der Waals surface area contributed by atoms with E-state index in [2.05, 4.69) is 24.1 Å². The monoisotopic (exact) mass is 292 g/mol. The molecule has 1 aliphatic carbocycles. The fourth-order valence-corrected chi connectivity index (χ4v) is 2.69. The first-order valence-electron chi connectivity index (χ1n) is 7.09. The van der Waals surface area contributed by atoms with Gasteiger partial charge >= 0.3 is 0 Å². The zero-order valence-corrected chi connectivity index (χ0v) is 12.2. The predicted octanol–water partition coefficient (Wildman–Crippen LogP) is 2.13. The summed E-state index contributed by atoms with van der Waals surface area (Å²) in [6.07, 6.45) is 3.94. The number of hydrogen-bond donors (Lipinski definition) is 2. The third kappa shape index (κ3) is 3.48. The van der Waals surface area contributed by atoms with E-state index in [1.54, 1.807) is 0 Å². The number of amides is 1. The molecule has 0 spiro atoms. The minimum Gasteiger partial charge on any atom is -0.383 e. The lowest BCUT2D eigenvalue weighted by atomic mass is 9.79. The number of nitrogen functional groups attached to an aromatic ring is 1. The molecule has 1 aliphatic rings. The van der Waals surface area contributed by atoms with Gasteiger partial charge in [0.05, 0.1) is 10.5 Å². The van der Waals surface area contributed by atoms with Gasteiger partial charge in [-0.3, -0.25) is 14.9 Å². The maximum Gasteiger partial charge on any atom is 0.288 e. The number of aromatic nitrogens is 1. The van der Waals surface area contributed by atoms with Crippen LogP contribution < -0.4 is 11.1 Å². The summed E-state index contributed by atoms with van der Waals surface area (Å²) in [7, 11) is 0. The van der Waals surface area contributed by atoms with Crippen molar-refractivity contribution < 1.29 is 9.72 Å². The molecule has 3 N–H and O–H groups in total. The Balaban J connectivity index is 2.10. The van der Waals surface area contributed by atoms with Gasteiger partial charge < -0.3 is 11.1 Å². The first-order chi connectivity index (χ1) is 9.88. The summed E-state index contributed by atoms with van der Waals surface area (Å²) in [6, 6.07) is 1.26. The third-order valence-electron chi connectivity index (χ3n) is 4.29. The zero-order chi connectivity index (χ0) is 15.6. The van der Waals surface area contributed by atoms with Gasteiger partial charge in [0.25, 0.3) is 11.6 Å². The molecule has 3 unspecified atom stereocenters. The lowest BCUT2D eigenvalue weighted by Gasteiger charge is -2.32. The molecule has 114 valence electrons. The first-order valence-corrected chi connectivity index (χ1v) is 7.09. The Bertz CT molecular complexity index is 561. The van der Waals surface area contributed by atoms with Gasteiger partial charge in [0.15, 0.2) is 0 Å². The molecule has 21 heavy (non-hydrogen) atoms. The van der Waals surface area contributed by atoms with Crippen LogP contribution in [0.25, 0.3) is 0 Å². The number of rotatable bonds is 3. The van der Waals surface area contributed by atoms with Crippen molar-refractivity contribution in [2.45, 2.75) is 39.2 Å². The maximum atomic E-state index is 12.2. The van der Waals surface area contributed by atoms with E-state index in [9.17, 15) is 14.9 Å². The molecule has 0 saturated heterocycles. The summed E-state index contributed by atoms with van der Waals surface area (Å²) in [4.78, 5) is 26.1. The Morgan fingerprint density at radius 3 is 2.76 bits per heavy atom. The summed E-state index contributed by atoms with van der Waals surface area (Å²) >= 11 is 0. The molecule has 1 aromatic heterocycles. The number of nitrogens with zero attached hydrogens (tertiary/aromatic N) is 2. The van der Waals surface area contributed by atoms with Crippen molar-refractivity contribution in [3.8, 4) is 0 Å². The molecule has 0 aromatic carbocycles. The Morgan fingerprint density at radius 1 is 1.43 bits per heavy atom. The van der Waals surface area contributed by atoms with Crippen molar-refractivity contribution >= 4 is 17.4 Å². The van der Waals surface area contributed by atoms with Crippen LogP contribution in [0.4, 0.5) is 11.5 Å². The third-order valence-corrected chi connectivity index (χ3v) is 4.29. The average molecular weight is 292 g/mol. The smallest absolute Gasteiger partial charge is 0.288 e. The molecule has 0 radical (unpaired) electrons. The Kier molecular flexibility index (Phi) is 4.40. The average Bonchev–Trinajstić information content (AvgIpc) is 2.43. The van der Waals surface area contributed by atoms with E-state index in [-0.39, 0.29) is 23.1 Å². The number of pyridine rings is 1. The highest BCUT2D eigenvalue weighted by atomic mass is 16.6. The van der Waals surface area contributed by atoms with E-state index in [0.29, 0.717) is 11.8 Å². The molecule has 7 heteroatoms. The Labute approximate surface area is 123 Å². The number of carbonyl (C=O) groups excluding carboxylic acids is 1. The molecule has 1 aromatic rings. The van der Waals surface area contributed by atoms with Crippen LogP contribution in [-0.4, -0.2) is 21.9 Å². The summed E-state index contributed by atoms with van der Waals surface area (Å²) in [5.41, 5.74) is 5.48. The second kappa shape index (κ2) is 6.07. The van der Waals surface area contributed by atoms with Crippen LogP contribution in [0.2, 0.25) is 0 Å². The predicted molar refractivity (Wildman–Crippen MR) is 78.7 cm³/mol. The largest absolute Gasteiger partial charge is 0.383 e. The highest BCUT2D eigenvalue weighted by Gasteiger charge is 2.26.